The van der Waals surface area contributed by atoms with Gasteiger partial charge in [0.05, 0.1) is 0 Å². The Hall–Kier alpha value is -1.38. The first-order chi connectivity index (χ1) is 8.11. The number of hydrogen-bond donors (Lipinski definition) is 1. The van der Waals surface area contributed by atoms with Crippen LogP contribution in [-0.2, 0) is 6.54 Å². The molecule has 0 saturated heterocycles. The molecular weight excluding hydrogens is 237 g/mol. The number of aryl methyl sites for hydroxylation is 1. The molecule has 0 aliphatic carbocycles. The van der Waals surface area contributed by atoms with E-state index in [1.807, 2.05) is 25.1 Å². The van der Waals surface area contributed by atoms with Crippen LogP contribution in [0.2, 0.25) is 5.02 Å². The molecule has 88 valence electrons. The Kier molecular flexibility index (Phi) is 3.46. The molecule has 2 aromatic rings. The number of hydrogen-bond acceptors (Lipinski definition) is 1. The average molecular weight is 250 g/mol. The van der Waals surface area contributed by atoms with Gasteiger partial charge in [-0.1, -0.05) is 29.8 Å². The normalized spacial score (nSPS) is 10.6. The fourth-order valence-corrected chi connectivity index (χ4v) is 1.86. The van der Waals surface area contributed by atoms with Crippen LogP contribution in [0.4, 0.5) is 4.39 Å². The van der Waals surface area contributed by atoms with Gasteiger partial charge in [-0.2, -0.15) is 0 Å². The van der Waals surface area contributed by atoms with Gasteiger partial charge in [-0.05, 0) is 41.8 Å². The lowest BCUT2D eigenvalue weighted by atomic mass is 10.0. The van der Waals surface area contributed by atoms with Gasteiger partial charge in [-0.15, -0.1) is 0 Å². The third-order valence-corrected chi connectivity index (χ3v) is 3.18. The van der Waals surface area contributed by atoms with Crippen LogP contribution < -0.4 is 5.73 Å². The van der Waals surface area contributed by atoms with E-state index < -0.39 is 0 Å². The summed E-state index contributed by atoms with van der Waals surface area (Å²) in [4.78, 5) is 0. The summed E-state index contributed by atoms with van der Waals surface area (Å²) in [5, 5.41) is 0.709. The second kappa shape index (κ2) is 4.86. The average Bonchev–Trinajstić information content (AvgIpc) is 2.33. The number of benzene rings is 2. The summed E-state index contributed by atoms with van der Waals surface area (Å²) < 4.78 is 13.3. The molecule has 1 nitrogen and oxygen atoms in total. The molecule has 0 bridgehead atoms. The smallest absolute Gasteiger partial charge is 0.127 e. The van der Waals surface area contributed by atoms with Crippen molar-refractivity contribution in [3.05, 3.63) is 58.4 Å². The zero-order chi connectivity index (χ0) is 12.4. The fraction of sp³-hybridized carbons (Fsp3) is 0.143. The van der Waals surface area contributed by atoms with E-state index in [4.69, 9.17) is 17.3 Å². The van der Waals surface area contributed by atoms with Crippen LogP contribution >= 0.6 is 11.6 Å². The summed E-state index contributed by atoms with van der Waals surface area (Å²) in [5.41, 5.74) is 8.92. The van der Waals surface area contributed by atoms with Gasteiger partial charge in [-0.25, -0.2) is 4.39 Å². The Bertz CT molecular complexity index is 552. The second-order valence-electron chi connectivity index (χ2n) is 3.97. The molecule has 0 spiro atoms. The van der Waals surface area contributed by atoms with Gasteiger partial charge < -0.3 is 5.73 Å². The highest BCUT2D eigenvalue weighted by Gasteiger charge is 2.05. The summed E-state index contributed by atoms with van der Waals surface area (Å²) in [6, 6.07) is 10.7. The molecule has 2 N–H and O–H groups in total. The van der Waals surface area contributed by atoms with E-state index in [0.29, 0.717) is 10.6 Å². The van der Waals surface area contributed by atoms with Gasteiger partial charge in [0.1, 0.15) is 5.82 Å². The van der Waals surface area contributed by atoms with Crippen molar-refractivity contribution in [1.82, 2.24) is 0 Å². The largest absolute Gasteiger partial charge is 0.326 e. The van der Waals surface area contributed by atoms with E-state index in [1.54, 1.807) is 12.1 Å². The van der Waals surface area contributed by atoms with Crippen LogP contribution in [-0.4, -0.2) is 0 Å². The Morgan fingerprint density at radius 2 is 1.76 bits per heavy atom. The third kappa shape index (κ3) is 2.48. The van der Waals surface area contributed by atoms with E-state index in [2.05, 4.69) is 0 Å². The van der Waals surface area contributed by atoms with Crippen molar-refractivity contribution in [2.75, 3.05) is 0 Å². The van der Waals surface area contributed by atoms with Crippen molar-refractivity contribution in [3.8, 4) is 11.1 Å². The first-order valence-electron chi connectivity index (χ1n) is 5.37. The first-order valence-corrected chi connectivity index (χ1v) is 5.74. The summed E-state index contributed by atoms with van der Waals surface area (Å²) in [6.45, 7) is 2.14. The lowest BCUT2D eigenvalue weighted by Crippen LogP contribution is -1.99. The van der Waals surface area contributed by atoms with Gasteiger partial charge in [0.2, 0.25) is 0 Å². The van der Waals surface area contributed by atoms with E-state index in [9.17, 15) is 4.39 Å². The maximum Gasteiger partial charge on any atom is 0.127 e. The fourth-order valence-electron chi connectivity index (χ4n) is 1.68. The van der Waals surface area contributed by atoms with Gasteiger partial charge >= 0.3 is 0 Å². The van der Waals surface area contributed by atoms with Crippen molar-refractivity contribution in [1.29, 1.82) is 0 Å². The standard InChI is InChI=1S/C14H13ClFN/c1-9-2-3-11(7-13(9)15)10-4-5-14(16)12(6-10)8-17/h2-7H,8,17H2,1H3. The Morgan fingerprint density at radius 3 is 2.41 bits per heavy atom. The monoisotopic (exact) mass is 249 g/mol. The lowest BCUT2D eigenvalue weighted by molar-refractivity contribution is 0.611. The summed E-state index contributed by atoms with van der Waals surface area (Å²) in [7, 11) is 0. The van der Waals surface area contributed by atoms with E-state index in [0.717, 1.165) is 16.7 Å². The van der Waals surface area contributed by atoms with E-state index in [1.165, 1.54) is 6.07 Å². The minimum atomic E-state index is -0.269. The zero-order valence-electron chi connectivity index (χ0n) is 9.50. The molecule has 0 fully saturated rings. The number of rotatable bonds is 2. The zero-order valence-corrected chi connectivity index (χ0v) is 10.3. The van der Waals surface area contributed by atoms with Crippen molar-refractivity contribution in [2.24, 2.45) is 5.73 Å². The van der Waals surface area contributed by atoms with Gasteiger partial charge in [-0.3, -0.25) is 0 Å². The Labute approximate surface area is 105 Å². The molecule has 0 unspecified atom stereocenters. The summed E-state index contributed by atoms with van der Waals surface area (Å²) in [6.07, 6.45) is 0. The van der Waals surface area contributed by atoms with Crippen LogP contribution in [0.15, 0.2) is 36.4 Å². The maximum absolute atomic E-state index is 13.3. The molecule has 0 aromatic heterocycles. The Morgan fingerprint density at radius 1 is 1.12 bits per heavy atom. The van der Waals surface area contributed by atoms with Crippen molar-refractivity contribution in [2.45, 2.75) is 13.5 Å². The predicted octanol–water partition coefficient (Wildman–Crippen LogP) is 3.91. The minimum Gasteiger partial charge on any atom is -0.326 e. The maximum atomic E-state index is 13.3. The van der Waals surface area contributed by atoms with Crippen LogP contribution in [0.1, 0.15) is 11.1 Å². The van der Waals surface area contributed by atoms with E-state index in [-0.39, 0.29) is 12.4 Å². The molecular formula is C14H13ClFN. The van der Waals surface area contributed by atoms with Crippen molar-refractivity contribution in [3.63, 3.8) is 0 Å². The van der Waals surface area contributed by atoms with Crippen LogP contribution in [0.25, 0.3) is 11.1 Å². The molecule has 2 aromatic carbocycles. The predicted molar refractivity (Wildman–Crippen MR) is 69.5 cm³/mol. The topological polar surface area (TPSA) is 26.0 Å². The van der Waals surface area contributed by atoms with Crippen LogP contribution in [0, 0.1) is 12.7 Å². The van der Waals surface area contributed by atoms with Crippen molar-refractivity contribution < 1.29 is 4.39 Å². The summed E-state index contributed by atoms with van der Waals surface area (Å²) >= 11 is 6.07. The number of nitrogens with two attached hydrogens (primary N) is 1. The van der Waals surface area contributed by atoms with Crippen molar-refractivity contribution >= 4 is 11.6 Å². The molecule has 0 heterocycles. The number of halogens is 2. The van der Waals surface area contributed by atoms with Gasteiger partial charge in [0, 0.05) is 17.1 Å². The molecule has 0 aliphatic heterocycles. The highest BCUT2D eigenvalue weighted by atomic mass is 35.5. The van der Waals surface area contributed by atoms with Crippen LogP contribution in [0.3, 0.4) is 0 Å². The van der Waals surface area contributed by atoms with E-state index >= 15 is 0 Å². The second-order valence-corrected chi connectivity index (χ2v) is 4.38. The quantitative estimate of drug-likeness (QED) is 0.858. The van der Waals surface area contributed by atoms with Gasteiger partial charge in [0.15, 0.2) is 0 Å². The highest BCUT2D eigenvalue weighted by Crippen LogP contribution is 2.26. The molecule has 2 rings (SSSR count). The van der Waals surface area contributed by atoms with Gasteiger partial charge in [0.25, 0.3) is 0 Å². The van der Waals surface area contributed by atoms with Crippen LogP contribution in [0.5, 0.6) is 0 Å². The first kappa shape index (κ1) is 12.1. The molecule has 0 radical (unpaired) electrons. The Balaban J connectivity index is 2.49. The molecule has 0 atom stereocenters. The molecule has 3 heteroatoms. The lowest BCUT2D eigenvalue weighted by Gasteiger charge is -2.07. The molecule has 0 aliphatic rings. The molecule has 0 saturated carbocycles. The third-order valence-electron chi connectivity index (χ3n) is 2.77. The molecule has 0 amide bonds. The summed E-state index contributed by atoms with van der Waals surface area (Å²) in [5.74, 6) is -0.269. The molecule has 17 heavy (non-hydrogen) atoms. The highest BCUT2D eigenvalue weighted by molar-refractivity contribution is 6.31. The SMILES string of the molecule is Cc1ccc(-c2ccc(F)c(CN)c2)cc1Cl. The minimum absolute atomic E-state index is 0.194.